The Kier molecular flexibility index (Phi) is 3.58. The number of tetrazole rings is 1. The zero-order chi connectivity index (χ0) is 13.9. The maximum atomic E-state index is 5.94. The van der Waals surface area contributed by atoms with Crippen LogP contribution in [0.2, 0.25) is 5.02 Å². The third-order valence-electron chi connectivity index (χ3n) is 2.61. The van der Waals surface area contributed by atoms with E-state index in [2.05, 4.69) is 15.5 Å². The Balaban J connectivity index is 1.95. The van der Waals surface area contributed by atoms with Crippen molar-refractivity contribution in [2.45, 2.75) is 10.1 Å². The number of anilines is 1. The van der Waals surface area contributed by atoms with Gasteiger partial charge in [-0.15, -0.1) is 5.10 Å². The molecule has 0 bridgehead atoms. The van der Waals surface area contributed by atoms with Crippen LogP contribution in [-0.2, 0) is 0 Å². The summed E-state index contributed by atoms with van der Waals surface area (Å²) in [6.07, 6.45) is 0. The number of nitrogens with zero attached hydrogens (tertiary/aromatic N) is 4. The van der Waals surface area contributed by atoms with Crippen molar-refractivity contribution in [2.24, 2.45) is 0 Å². The fourth-order valence-corrected chi connectivity index (χ4v) is 2.68. The SMILES string of the molecule is Nc1cc(Cl)ccc1Sc1nnnn1-c1ccccc1. The highest BCUT2D eigenvalue weighted by Gasteiger charge is 2.11. The molecule has 1 heterocycles. The topological polar surface area (TPSA) is 69.6 Å². The summed E-state index contributed by atoms with van der Waals surface area (Å²) in [4.78, 5) is 0.862. The molecule has 0 atom stereocenters. The van der Waals surface area contributed by atoms with Crippen molar-refractivity contribution in [3.8, 4) is 5.69 Å². The summed E-state index contributed by atoms with van der Waals surface area (Å²) < 4.78 is 1.67. The summed E-state index contributed by atoms with van der Waals surface area (Å²) in [5.41, 5.74) is 7.44. The number of nitrogen functional groups attached to an aromatic ring is 1. The molecule has 0 spiro atoms. The lowest BCUT2D eigenvalue weighted by Crippen LogP contribution is -1.98. The average molecular weight is 304 g/mol. The van der Waals surface area contributed by atoms with Crippen LogP contribution in [0.5, 0.6) is 0 Å². The highest BCUT2D eigenvalue weighted by molar-refractivity contribution is 7.99. The van der Waals surface area contributed by atoms with Crippen molar-refractivity contribution in [2.75, 3.05) is 5.73 Å². The summed E-state index contributed by atoms with van der Waals surface area (Å²) in [6.45, 7) is 0. The molecular formula is C13H10ClN5S. The number of halogens is 1. The summed E-state index contributed by atoms with van der Waals surface area (Å²) in [5, 5.41) is 13.0. The lowest BCUT2D eigenvalue weighted by Gasteiger charge is -2.06. The van der Waals surface area contributed by atoms with Crippen LogP contribution in [-0.4, -0.2) is 20.2 Å². The van der Waals surface area contributed by atoms with Crippen LogP contribution in [0.3, 0.4) is 0 Å². The van der Waals surface area contributed by atoms with Gasteiger partial charge in [0.2, 0.25) is 5.16 Å². The smallest absolute Gasteiger partial charge is 0.218 e. The van der Waals surface area contributed by atoms with E-state index in [-0.39, 0.29) is 0 Å². The Morgan fingerprint density at radius 3 is 2.65 bits per heavy atom. The van der Waals surface area contributed by atoms with E-state index >= 15 is 0 Å². The van der Waals surface area contributed by atoms with Crippen LogP contribution >= 0.6 is 23.4 Å². The molecule has 0 unspecified atom stereocenters. The summed E-state index contributed by atoms with van der Waals surface area (Å²) in [7, 11) is 0. The standard InChI is InChI=1S/C13H10ClN5S/c14-9-6-7-12(11(15)8-9)20-13-16-17-18-19(13)10-4-2-1-3-5-10/h1-8H,15H2. The van der Waals surface area contributed by atoms with Crippen LogP contribution < -0.4 is 5.73 Å². The van der Waals surface area contributed by atoms with Gasteiger partial charge >= 0.3 is 0 Å². The predicted molar refractivity (Wildman–Crippen MR) is 79.1 cm³/mol. The van der Waals surface area contributed by atoms with E-state index in [1.165, 1.54) is 11.8 Å². The van der Waals surface area contributed by atoms with E-state index < -0.39 is 0 Å². The Morgan fingerprint density at radius 2 is 1.90 bits per heavy atom. The fraction of sp³-hybridized carbons (Fsp3) is 0. The van der Waals surface area contributed by atoms with Gasteiger partial charge in [-0.25, -0.2) is 0 Å². The zero-order valence-corrected chi connectivity index (χ0v) is 11.8. The number of hydrogen-bond donors (Lipinski definition) is 1. The quantitative estimate of drug-likeness (QED) is 0.753. The minimum Gasteiger partial charge on any atom is -0.398 e. The predicted octanol–water partition coefficient (Wildman–Crippen LogP) is 3.05. The van der Waals surface area contributed by atoms with Gasteiger partial charge in [-0.1, -0.05) is 29.8 Å². The maximum Gasteiger partial charge on any atom is 0.218 e. The molecule has 0 saturated heterocycles. The van der Waals surface area contributed by atoms with Gasteiger partial charge in [0.15, 0.2) is 0 Å². The van der Waals surface area contributed by atoms with Crippen LogP contribution in [0.1, 0.15) is 0 Å². The second kappa shape index (κ2) is 5.52. The van der Waals surface area contributed by atoms with E-state index in [4.69, 9.17) is 17.3 Å². The average Bonchev–Trinajstić information content (AvgIpc) is 2.91. The first kappa shape index (κ1) is 13.0. The number of benzene rings is 2. The first-order valence-electron chi connectivity index (χ1n) is 5.81. The largest absolute Gasteiger partial charge is 0.398 e. The summed E-state index contributed by atoms with van der Waals surface area (Å²) in [5.74, 6) is 0. The highest BCUT2D eigenvalue weighted by Crippen LogP contribution is 2.32. The molecule has 7 heteroatoms. The molecular weight excluding hydrogens is 294 g/mol. The molecule has 5 nitrogen and oxygen atoms in total. The molecule has 20 heavy (non-hydrogen) atoms. The lowest BCUT2D eigenvalue weighted by atomic mass is 10.3. The van der Waals surface area contributed by atoms with Gasteiger partial charge in [0.05, 0.1) is 5.69 Å². The number of aromatic nitrogens is 4. The van der Waals surface area contributed by atoms with Crippen LogP contribution in [0.4, 0.5) is 5.69 Å². The zero-order valence-electron chi connectivity index (χ0n) is 10.3. The molecule has 2 N–H and O–H groups in total. The Morgan fingerprint density at radius 1 is 1.10 bits per heavy atom. The Hall–Kier alpha value is -2.05. The lowest BCUT2D eigenvalue weighted by molar-refractivity contribution is 0.756. The first-order chi connectivity index (χ1) is 9.74. The van der Waals surface area contributed by atoms with Crippen LogP contribution in [0.15, 0.2) is 58.6 Å². The molecule has 1 aromatic heterocycles. The van der Waals surface area contributed by atoms with Gasteiger partial charge in [0, 0.05) is 15.6 Å². The molecule has 2 aromatic carbocycles. The van der Waals surface area contributed by atoms with Gasteiger partial charge in [0.1, 0.15) is 0 Å². The molecule has 3 aromatic rings. The molecule has 0 saturated carbocycles. The molecule has 0 aliphatic rings. The minimum atomic E-state index is 0.602. The van der Waals surface area contributed by atoms with Crippen molar-refractivity contribution in [3.05, 3.63) is 53.6 Å². The molecule has 0 radical (unpaired) electrons. The van der Waals surface area contributed by atoms with Crippen LogP contribution in [0.25, 0.3) is 5.69 Å². The van der Waals surface area contributed by atoms with Crippen molar-refractivity contribution in [1.82, 2.24) is 20.2 Å². The monoisotopic (exact) mass is 303 g/mol. The molecule has 0 amide bonds. The van der Waals surface area contributed by atoms with E-state index in [0.717, 1.165) is 10.6 Å². The normalized spacial score (nSPS) is 10.7. The highest BCUT2D eigenvalue weighted by atomic mass is 35.5. The van der Waals surface area contributed by atoms with Gasteiger partial charge in [-0.2, -0.15) is 4.68 Å². The second-order valence-corrected chi connectivity index (χ2v) is 5.44. The van der Waals surface area contributed by atoms with Gasteiger partial charge in [0.25, 0.3) is 0 Å². The van der Waals surface area contributed by atoms with Crippen LogP contribution in [0, 0.1) is 0 Å². The molecule has 100 valence electrons. The van der Waals surface area contributed by atoms with Crippen molar-refractivity contribution >= 4 is 29.1 Å². The fourth-order valence-electron chi connectivity index (χ4n) is 1.68. The number of hydrogen-bond acceptors (Lipinski definition) is 5. The molecule has 0 fully saturated rings. The van der Waals surface area contributed by atoms with E-state index in [9.17, 15) is 0 Å². The van der Waals surface area contributed by atoms with E-state index in [1.54, 1.807) is 16.8 Å². The van der Waals surface area contributed by atoms with Gasteiger partial charge < -0.3 is 5.73 Å². The second-order valence-electron chi connectivity index (χ2n) is 3.99. The van der Waals surface area contributed by atoms with Crippen molar-refractivity contribution in [1.29, 1.82) is 0 Å². The van der Waals surface area contributed by atoms with Crippen molar-refractivity contribution < 1.29 is 0 Å². The summed E-state index contributed by atoms with van der Waals surface area (Å²) in [6, 6.07) is 15.0. The van der Waals surface area contributed by atoms with Crippen molar-refractivity contribution in [3.63, 3.8) is 0 Å². The Labute approximate surface area is 124 Å². The number of nitrogens with two attached hydrogens (primary N) is 1. The van der Waals surface area contributed by atoms with Gasteiger partial charge in [-0.3, -0.25) is 0 Å². The third-order valence-corrected chi connectivity index (χ3v) is 3.88. The number of para-hydroxylation sites is 1. The molecule has 0 aliphatic heterocycles. The van der Waals surface area contributed by atoms with Gasteiger partial charge in [-0.05, 0) is 52.5 Å². The Bertz CT molecular complexity index is 729. The minimum absolute atomic E-state index is 0.602. The molecule has 0 aliphatic carbocycles. The number of rotatable bonds is 3. The van der Waals surface area contributed by atoms with E-state index in [0.29, 0.717) is 15.9 Å². The first-order valence-corrected chi connectivity index (χ1v) is 7.00. The molecule has 3 rings (SSSR count). The summed E-state index contributed by atoms with van der Waals surface area (Å²) >= 11 is 7.29. The maximum absolute atomic E-state index is 5.94. The van der Waals surface area contributed by atoms with E-state index in [1.807, 2.05) is 36.4 Å². The third kappa shape index (κ3) is 2.61.